The molecule has 2 N–H and O–H groups in total. The molecule has 2 aromatic rings. The highest BCUT2D eigenvalue weighted by molar-refractivity contribution is 8.00. The summed E-state index contributed by atoms with van der Waals surface area (Å²) in [6, 6.07) is 11.6. The zero-order valence-corrected chi connectivity index (χ0v) is 50.8. The Balaban J connectivity index is 2.26. The third kappa shape index (κ3) is 18.7. The Morgan fingerprint density at radius 1 is 0.723 bits per heavy atom. The molecular formula is C55H76N2O24SSi. The molecule has 13 atom stereocenters. The van der Waals surface area contributed by atoms with Crippen molar-refractivity contribution in [2.24, 2.45) is 0 Å². The van der Waals surface area contributed by atoms with E-state index >= 15 is 4.79 Å². The van der Waals surface area contributed by atoms with E-state index in [0.29, 0.717) is 28.3 Å². The molecule has 0 spiro atoms. The minimum absolute atomic E-state index is 0.126. The lowest BCUT2D eigenvalue weighted by Gasteiger charge is -2.55. The van der Waals surface area contributed by atoms with Gasteiger partial charge in [0.05, 0.1) is 47.0 Å². The number of benzene rings is 2. The highest BCUT2D eigenvalue weighted by Gasteiger charge is 2.69. The van der Waals surface area contributed by atoms with Gasteiger partial charge in [-0.15, -0.1) is 11.8 Å². The second-order valence-corrected chi connectivity index (χ2v) is 27.4. The summed E-state index contributed by atoms with van der Waals surface area (Å²) in [5.41, 5.74) is 0.572. The van der Waals surface area contributed by atoms with E-state index in [1.807, 2.05) is 19.6 Å². The minimum Gasteiger partial charge on any atom is -0.496 e. The van der Waals surface area contributed by atoms with Crippen LogP contribution >= 0.6 is 11.8 Å². The molecule has 28 heteroatoms. The lowest BCUT2D eigenvalue weighted by molar-refractivity contribution is -0.348. The number of amides is 3. The van der Waals surface area contributed by atoms with E-state index in [4.69, 9.17) is 61.6 Å². The summed E-state index contributed by atoms with van der Waals surface area (Å²) in [5, 5.41) is 14.0. The van der Waals surface area contributed by atoms with E-state index in [1.54, 1.807) is 42.5 Å². The molecule has 460 valence electrons. The van der Waals surface area contributed by atoms with Gasteiger partial charge in [0, 0.05) is 75.0 Å². The number of methoxy groups -OCH3 is 3. The monoisotopic (exact) mass is 1210 g/mol. The maximum Gasteiger partial charge on any atom is 0.368 e. The Kier molecular flexibility index (Phi) is 25.6. The van der Waals surface area contributed by atoms with Crippen LogP contribution < -0.4 is 10.1 Å². The number of esters is 7. The number of imide groups is 1. The molecule has 0 radical (unpaired) electrons. The predicted octanol–water partition coefficient (Wildman–Crippen LogP) is 2.96. The summed E-state index contributed by atoms with van der Waals surface area (Å²) in [6.45, 7) is 12.0. The lowest BCUT2D eigenvalue weighted by atomic mass is 9.85. The van der Waals surface area contributed by atoms with Crippen molar-refractivity contribution in [3.8, 4) is 5.75 Å². The van der Waals surface area contributed by atoms with Gasteiger partial charge in [-0.25, -0.2) is 9.59 Å². The Morgan fingerprint density at radius 3 is 1.86 bits per heavy atom. The molecule has 0 bridgehead atoms. The van der Waals surface area contributed by atoms with E-state index in [-0.39, 0.29) is 23.9 Å². The van der Waals surface area contributed by atoms with Gasteiger partial charge in [-0.2, -0.15) is 0 Å². The maximum absolute atomic E-state index is 15.6. The number of rotatable bonds is 27. The first kappa shape index (κ1) is 69.0. The van der Waals surface area contributed by atoms with Crippen molar-refractivity contribution in [3.63, 3.8) is 0 Å². The van der Waals surface area contributed by atoms with Gasteiger partial charge in [0.2, 0.25) is 17.7 Å². The molecular weight excluding hydrogens is 1130 g/mol. The van der Waals surface area contributed by atoms with Gasteiger partial charge < -0.3 is 72.0 Å². The summed E-state index contributed by atoms with van der Waals surface area (Å²) >= 11 is 0.655. The Labute approximate surface area is 486 Å². The maximum atomic E-state index is 15.6. The van der Waals surface area contributed by atoms with Crippen LogP contribution in [0.1, 0.15) is 67.4 Å². The number of aliphatic hydroxyl groups excluding tert-OH is 1. The van der Waals surface area contributed by atoms with Crippen LogP contribution in [0.4, 0.5) is 0 Å². The van der Waals surface area contributed by atoms with E-state index in [1.165, 1.54) is 19.2 Å². The largest absolute Gasteiger partial charge is 0.496 e. The van der Waals surface area contributed by atoms with Crippen LogP contribution in [0.5, 0.6) is 5.75 Å². The van der Waals surface area contributed by atoms with Crippen LogP contribution in [0.3, 0.4) is 0 Å². The zero-order valence-electron chi connectivity index (χ0n) is 49.0. The lowest BCUT2D eigenvalue weighted by Crippen LogP contribution is -2.76. The molecule has 4 rings (SSSR count). The smallest absolute Gasteiger partial charge is 0.368 e. The van der Waals surface area contributed by atoms with Gasteiger partial charge in [0.1, 0.15) is 60.3 Å². The Bertz CT molecular complexity index is 2610. The molecule has 0 aliphatic carbocycles. The van der Waals surface area contributed by atoms with E-state index in [2.05, 4.69) is 5.32 Å². The fraction of sp³-hybridized carbons (Fsp3) is 0.600. The summed E-state index contributed by atoms with van der Waals surface area (Å²) < 4.78 is 78.3. The number of nitrogens with zero attached hydrogens (tertiary/aromatic N) is 1. The molecule has 1 unspecified atom stereocenters. The quantitative estimate of drug-likeness (QED) is 0.0738. The Morgan fingerprint density at radius 2 is 1.33 bits per heavy atom. The van der Waals surface area contributed by atoms with Crippen LogP contribution in [0, 0.1) is 0 Å². The average molecular weight is 1210 g/mol. The molecule has 0 saturated carbocycles. The number of para-hydroxylation sites is 1. The highest BCUT2D eigenvalue weighted by atomic mass is 32.2. The van der Waals surface area contributed by atoms with Crippen molar-refractivity contribution < 1.29 is 115 Å². The standard InChI is InChI=1S/C55H76N2O24SSi/c1-30(58)56-44-40(75-34(5)62)26-54(52(67)70-10,74-24-25-83(12,13)14)80-48(44)46(66)41(28-72-27-38-20-16-15-17-21-38)79-55(53(68)71-11)51(82-43-23-19-18-22-39(43)69-9)50(78-37(8)65)45(57(31(2)59)32(3)60)49(81-55)47(77-36(7)64)42(76-35(6)63)29-73-33(4)61/h15-23,40-42,44-51,66H,24-29H2,1-14H3,(H,56,58)/t40-,41+,42+,44+,45-,46+,47-,48+,49+,50+,51-,54+,55?/m0/s1. The molecule has 3 amide bonds. The summed E-state index contributed by atoms with van der Waals surface area (Å²) in [7, 11) is 1.30. The van der Waals surface area contributed by atoms with E-state index < -0.39 is 165 Å². The molecule has 2 aliphatic rings. The van der Waals surface area contributed by atoms with Crippen LogP contribution in [0.15, 0.2) is 59.5 Å². The van der Waals surface area contributed by atoms with Crippen molar-refractivity contribution in [3.05, 3.63) is 60.2 Å². The predicted molar refractivity (Wildman–Crippen MR) is 291 cm³/mol. The number of nitrogens with one attached hydrogen (secondary N) is 1. The van der Waals surface area contributed by atoms with E-state index in [9.17, 15) is 48.3 Å². The molecule has 26 nitrogen and oxygen atoms in total. The first-order valence-corrected chi connectivity index (χ1v) is 30.9. The topological polar surface area (TPSA) is 326 Å². The zero-order chi connectivity index (χ0) is 62.1. The number of hydrogen-bond acceptors (Lipinski definition) is 25. The molecule has 2 aliphatic heterocycles. The molecule has 2 heterocycles. The van der Waals surface area contributed by atoms with Gasteiger partial charge in [-0.05, 0) is 23.7 Å². The second-order valence-electron chi connectivity index (χ2n) is 20.6. The molecule has 2 saturated heterocycles. The third-order valence-electron chi connectivity index (χ3n) is 12.8. The van der Waals surface area contributed by atoms with Gasteiger partial charge in [0.15, 0.2) is 12.2 Å². The summed E-state index contributed by atoms with van der Waals surface area (Å²) in [4.78, 5) is 137. The molecule has 2 fully saturated rings. The average Bonchev–Trinajstić information content (AvgIpc) is 2.13. The first-order valence-electron chi connectivity index (χ1n) is 26.3. The van der Waals surface area contributed by atoms with Crippen LogP contribution in [-0.2, 0) is 111 Å². The molecule has 83 heavy (non-hydrogen) atoms. The Hall–Kier alpha value is -6.53. The second kappa shape index (κ2) is 30.9. The van der Waals surface area contributed by atoms with Crippen LogP contribution in [-0.4, -0.2) is 196 Å². The van der Waals surface area contributed by atoms with E-state index in [0.717, 1.165) is 69.6 Å². The van der Waals surface area contributed by atoms with Crippen molar-refractivity contribution in [1.29, 1.82) is 0 Å². The summed E-state index contributed by atoms with van der Waals surface area (Å²) in [5.74, 6) is -16.3. The third-order valence-corrected chi connectivity index (χ3v) is 16.0. The van der Waals surface area contributed by atoms with Gasteiger partial charge in [-0.3, -0.25) is 43.3 Å². The number of aliphatic hydroxyl groups is 1. The van der Waals surface area contributed by atoms with Gasteiger partial charge in [0.25, 0.3) is 11.6 Å². The van der Waals surface area contributed by atoms with Crippen molar-refractivity contribution in [2.45, 2.75) is 177 Å². The number of carbonyl (C=O) groups excluding carboxylic acids is 10. The van der Waals surface area contributed by atoms with Crippen molar-refractivity contribution in [1.82, 2.24) is 10.2 Å². The fourth-order valence-corrected chi connectivity index (χ4v) is 11.6. The fourth-order valence-electron chi connectivity index (χ4n) is 9.47. The van der Waals surface area contributed by atoms with Crippen LogP contribution in [0.25, 0.3) is 0 Å². The van der Waals surface area contributed by atoms with Gasteiger partial charge >= 0.3 is 41.8 Å². The van der Waals surface area contributed by atoms with Crippen LogP contribution in [0.2, 0.25) is 25.7 Å². The SMILES string of the molecule is COC(=O)C1(O[C@H](COCc2ccccc2)[C@@H](O)[C@@H]2O[C@@](OCC[Si](C)(C)C)(C(=O)OC)C[C@H](OC(C)=O)[C@H]2NC(C)=O)O[C@@H]([C@@H](OC(C)=O)[C@@H](COC(C)=O)OC(C)=O)[C@H](N(C(C)=O)C(C)=O)[C@@H](OC(C)=O)[C@@H]1Sc1ccccc1OC. The number of carbonyl (C=O) groups is 10. The van der Waals surface area contributed by atoms with Gasteiger partial charge in [-0.1, -0.05) is 62.1 Å². The molecule has 0 aromatic heterocycles. The number of hydrogen-bond donors (Lipinski definition) is 2. The normalized spacial score (nSPS) is 24.6. The van der Waals surface area contributed by atoms with Crippen molar-refractivity contribution >= 4 is 79.3 Å². The first-order chi connectivity index (χ1) is 38.9. The number of ether oxygens (including phenoxy) is 13. The number of thioether (sulfide) groups is 1. The van der Waals surface area contributed by atoms with Crippen molar-refractivity contribution in [2.75, 3.05) is 41.2 Å². The highest BCUT2D eigenvalue weighted by Crippen LogP contribution is 2.49. The molecule has 2 aromatic carbocycles. The summed E-state index contributed by atoms with van der Waals surface area (Å²) in [6.07, 6.45) is -17.1. The minimum atomic E-state index is -3.27.